The average Bonchev–Trinajstić information content (AvgIpc) is 1.77. The van der Waals surface area contributed by atoms with E-state index in [1.54, 1.807) is 80.5 Å². The molecule has 0 unspecified atom stereocenters. The molecule has 1 aromatic carbocycles. The van der Waals surface area contributed by atoms with Gasteiger partial charge < -0.3 is 77.4 Å². The predicted octanol–water partition coefficient (Wildman–Crippen LogP) is 5.76. The fourth-order valence-corrected chi connectivity index (χ4v) is 13.5. The van der Waals surface area contributed by atoms with Crippen LogP contribution < -0.4 is 10.0 Å². The Morgan fingerprint density at radius 2 is 1.49 bits per heavy atom. The number of nitrogens with one attached hydrogen (secondary N) is 2. The van der Waals surface area contributed by atoms with E-state index in [1.807, 2.05) is 41.7 Å². The molecule has 1 aromatic rings. The lowest BCUT2D eigenvalue weighted by Gasteiger charge is -2.45. The zero-order valence-corrected chi connectivity index (χ0v) is 54.9. The number of carbonyl (C=O) groups is 4. The number of nitrogens with zero attached hydrogens (tertiary/aromatic N) is 2. The lowest BCUT2D eigenvalue weighted by molar-refractivity contribution is -0.305. The number of alkyl carbamates (subject to hydrolysis) is 1. The molecule has 4 saturated heterocycles. The molecule has 1 amide bonds. The molecule has 86 heavy (non-hydrogen) atoms. The van der Waals surface area contributed by atoms with Gasteiger partial charge in [0.2, 0.25) is 10.0 Å². The van der Waals surface area contributed by atoms with Crippen LogP contribution in [0.25, 0.3) is 0 Å². The Balaban J connectivity index is 1.71. The number of oxime groups is 1. The number of amides is 1. The maximum absolute atomic E-state index is 16.0. The van der Waals surface area contributed by atoms with Crippen LogP contribution in [-0.4, -0.2) is 204 Å². The number of aliphatic hydroxyl groups excluding tert-OH is 2. The quantitative estimate of drug-likeness (QED) is 0.0685. The number of ketones is 1. The molecule has 25 heteroatoms. The van der Waals surface area contributed by atoms with Gasteiger partial charge in [0.05, 0.1) is 65.1 Å². The first-order valence-electron chi connectivity index (χ1n) is 30.3. The van der Waals surface area contributed by atoms with Crippen molar-refractivity contribution in [2.75, 3.05) is 48.1 Å². The average molecular weight is 1240 g/mol. The number of carbonyl (C=O) groups excluding carboxylic acids is 4. The normalized spacial score (nSPS) is 37.6. The van der Waals surface area contributed by atoms with Crippen molar-refractivity contribution in [3.05, 3.63) is 30.3 Å². The van der Waals surface area contributed by atoms with Gasteiger partial charge in [-0.3, -0.25) is 14.4 Å². The number of hydrogen-bond acceptors (Lipinski definition) is 22. The Hall–Kier alpha value is -3.96. The minimum absolute atomic E-state index is 0.0128. The number of likely N-dealkylation sites (N-methyl/N-ethyl adjacent to an activating group) is 1. The SMILES string of the molecule is CO/N=C1\C[C@@H](C)O[C@@H](O[C@@H]2[C@@H](C)[C@H](O[C@H]3C[C@@H](C)N(C)C[C@H](C)O3)[C@@H](C)C(=O)O[C@H]([C@@H](C)CO[C@@H]3O[C@H](C)[C@@H](O)[C@@H](OC)[C@H]3OC)[C@H](C)[C@@H](OC(=O)CC(C)C)[C@@H](C)C(=O)[C@@](C)(OC(=O)NC(C)(C)CNS(=O)(=O)c3ccccc3)C[C@@H]2C)[C@@H]1O. The molecule has 492 valence electrons. The molecule has 0 saturated carbocycles. The first kappa shape index (κ1) is 72.8. The van der Waals surface area contributed by atoms with Gasteiger partial charge in [-0.25, -0.2) is 17.9 Å². The van der Waals surface area contributed by atoms with Crippen molar-refractivity contribution in [1.29, 1.82) is 0 Å². The third-order valence-corrected chi connectivity index (χ3v) is 18.5. The molecule has 0 spiro atoms. The van der Waals surface area contributed by atoms with Crippen LogP contribution >= 0.6 is 0 Å². The van der Waals surface area contributed by atoms with E-state index in [1.165, 1.54) is 40.4 Å². The molecule has 0 bridgehead atoms. The first-order chi connectivity index (χ1) is 40.2. The Morgan fingerprint density at radius 1 is 0.837 bits per heavy atom. The number of sulfonamides is 1. The van der Waals surface area contributed by atoms with Crippen LogP contribution in [0.5, 0.6) is 0 Å². The maximum Gasteiger partial charge on any atom is 0.408 e. The van der Waals surface area contributed by atoms with Crippen LogP contribution in [0.2, 0.25) is 0 Å². The van der Waals surface area contributed by atoms with Crippen molar-refractivity contribution in [1.82, 2.24) is 14.9 Å². The summed E-state index contributed by atoms with van der Waals surface area (Å²) >= 11 is 0. The summed E-state index contributed by atoms with van der Waals surface area (Å²) in [5.74, 6) is -8.09. The van der Waals surface area contributed by atoms with Crippen LogP contribution in [0.1, 0.15) is 130 Å². The van der Waals surface area contributed by atoms with Gasteiger partial charge in [-0.2, -0.15) is 0 Å². The molecule has 0 radical (unpaired) electrons. The molecule has 4 aliphatic heterocycles. The lowest BCUT2D eigenvalue weighted by atomic mass is 9.74. The van der Waals surface area contributed by atoms with Gasteiger partial charge in [0, 0.05) is 70.4 Å². The van der Waals surface area contributed by atoms with Crippen molar-refractivity contribution in [3.63, 3.8) is 0 Å². The van der Waals surface area contributed by atoms with E-state index >= 15 is 9.59 Å². The number of Topliss-reactive ketones (excluding diaryl/α,β-unsaturated/α-hetero) is 1. The Labute approximate surface area is 510 Å². The van der Waals surface area contributed by atoms with E-state index < -0.39 is 160 Å². The van der Waals surface area contributed by atoms with Crippen LogP contribution in [0.15, 0.2) is 40.4 Å². The zero-order valence-electron chi connectivity index (χ0n) is 54.1. The summed E-state index contributed by atoms with van der Waals surface area (Å²) in [6.07, 6.45) is -14.7. The van der Waals surface area contributed by atoms with Crippen LogP contribution in [0.3, 0.4) is 0 Å². The number of benzene rings is 1. The van der Waals surface area contributed by atoms with E-state index in [2.05, 4.69) is 20.1 Å². The van der Waals surface area contributed by atoms with E-state index in [4.69, 9.17) is 56.9 Å². The summed E-state index contributed by atoms with van der Waals surface area (Å²) in [6, 6.07) is 7.71. The number of esters is 2. The highest BCUT2D eigenvalue weighted by molar-refractivity contribution is 7.89. The Kier molecular flexibility index (Phi) is 26.8. The monoisotopic (exact) mass is 1240 g/mol. The minimum atomic E-state index is -4.03. The van der Waals surface area contributed by atoms with Crippen LogP contribution in [-0.2, 0) is 81.3 Å². The number of methoxy groups -OCH3 is 2. The third-order valence-electron chi connectivity index (χ3n) is 17.1. The topological polar surface area (TPSA) is 293 Å². The second-order valence-corrected chi connectivity index (χ2v) is 27.6. The van der Waals surface area contributed by atoms with Crippen molar-refractivity contribution >= 4 is 39.6 Å². The van der Waals surface area contributed by atoms with Gasteiger partial charge in [-0.05, 0) is 92.8 Å². The van der Waals surface area contributed by atoms with E-state index in [-0.39, 0.29) is 61.1 Å². The van der Waals surface area contributed by atoms with Crippen molar-refractivity contribution < 1.29 is 94.8 Å². The molecule has 0 aromatic heterocycles. The van der Waals surface area contributed by atoms with Crippen molar-refractivity contribution in [2.45, 2.75) is 238 Å². The fraction of sp³-hybridized carbons (Fsp3) is 0.820. The zero-order chi connectivity index (χ0) is 64.3. The van der Waals surface area contributed by atoms with Crippen LogP contribution in [0, 0.1) is 41.4 Å². The highest BCUT2D eigenvalue weighted by Crippen LogP contribution is 2.41. The molecular weight excluding hydrogens is 1140 g/mol. The summed E-state index contributed by atoms with van der Waals surface area (Å²) in [5.41, 5.74) is -3.19. The number of ether oxygens (including phenoxy) is 11. The molecule has 22 atom stereocenters. The fourth-order valence-electron chi connectivity index (χ4n) is 12.3. The number of aliphatic hydroxyl groups is 2. The minimum Gasteiger partial charge on any atom is -0.461 e. The smallest absolute Gasteiger partial charge is 0.408 e. The number of hydrogen-bond donors (Lipinski definition) is 4. The summed E-state index contributed by atoms with van der Waals surface area (Å²) in [7, 11) is 2.20. The number of rotatable bonds is 20. The second-order valence-electron chi connectivity index (χ2n) is 25.8. The molecule has 4 fully saturated rings. The molecular formula is C61H102N4O20S. The first-order valence-corrected chi connectivity index (χ1v) is 31.8. The van der Waals surface area contributed by atoms with Gasteiger partial charge in [-0.1, -0.05) is 71.8 Å². The van der Waals surface area contributed by atoms with Gasteiger partial charge in [0.1, 0.15) is 43.7 Å². The van der Waals surface area contributed by atoms with Gasteiger partial charge in [-0.15, -0.1) is 0 Å². The summed E-state index contributed by atoms with van der Waals surface area (Å²) in [5, 5.41) is 29.7. The Morgan fingerprint density at radius 3 is 2.10 bits per heavy atom. The van der Waals surface area contributed by atoms with Crippen LogP contribution in [0.4, 0.5) is 4.79 Å². The standard InChI is InChI=1S/C61H102N4O20S/c1-32(2)25-45(66)81-51-39(9)50(34(4)30-77-58-54(75-18)53(74-17)47(67)42(12)80-58)83-56(70)41(11)52(82-46-26-35(5)65(16)29-37(7)78-46)38(8)49(84-57-48(68)44(64-76-19)27-36(6)79-57)33(3)28-61(15,55(69)40(51)10)85-59(71)63-60(13,14)31-62-86(72,73)43-23-21-20-22-24-43/h20-24,32-42,46-54,57-58,62,67-68H,25-31H2,1-19H3,(H,63,71)/b64-44+/t33-,34-,35+,36+,37-,38+,39-,40+,41+,42+,46-,47+,48+,49-,50+,51+,52-,53+,54+,57-,58+,61-/m0/s1. The third kappa shape index (κ3) is 19.0. The van der Waals surface area contributed by atoms with Gasteiger partial charge in [0.25, 0.3) is 0 Å². The van der Waals surface area contributed by atoms with Crippen molar-refractivity contribution in [2.24, 2.45) is 46.6 Å². The number of cyclic esters (lactones) is 1. The van der Waals surface area contributed by atoms with Gasteiger partial charge in [0.15, 0.2) is 30.3 Å². The van der Waals surface area contributed by atoms with E-state index in [0.717, 1.165) is 0 Å². The molecule has 4 aliphatic rings. The van der Waals surface area contributed by atoms with E-state index in [9.17, 15) is 28.2 Å². The predicted molar refractivity (Wildman–Crippen MR) is 316 cm³/mol. The maximum atomic E-state index is 16.0. The highest BCUT2D eigenvalue weighted by Gasteiger charge is 2.53. The lowest BCUT2D eigenvalue weighted by Crippen LogP contribution is -2.59. The largest absolute Gasteiger partial charge is 0.461 e. The van der Waals surface area contributed by atoms with E-state index in [0.29, 0.717) is 13.0 Å². The highest BCUT2D eigenvalue weighted by atomic mass is 32.2. The summed E-state index contributed by atoms with van der Waals surface area (Å²) in [4.78, 5) is 67.6. The summed E-state index contributed by atoms with van der Waals surface area (Å²) < 4.78 is 99.8. The van der Waals surface area contributed by atoms with Gasteiger partial charge >= 0.3 is 18.0 Å². The Bertz CT molecular complexity index is 2490. The second kappa shape index (κ2) is 31.7. The molecule has 5 rings (SSSR count). The molecule has 4 heterocycles. The summed E-state index contributed by atoms with van der Waals surface area (Å²) in [6.45, 7) is 26.2. The molecule has 24 nitrogen and oxygen atoms in total. The molecule has 4 N–H and O–H groups in total. The van der Waals surface area contributed by atoms with Crippen molar-refractivity contribution in [3.8, 4) is 0 Å². The molecule has 0 aliphatic carbocycles.